The van der Waals surface area contributed by atoms with Gasteiger partial charge in [0.2, 0.25) is 5.75 Å². The van der Waals surface area contributed by atoms with Crippen LogP contribution in [-0.2, 0) is 6.61 Å². The second kappa shape index (κ2) is 10.7. The highest BCUT2D eigenvalue weighted by molar-refractivity contribution is 9.10. The molecule has 0 aliphatic carbocycles. The maximum atomic E-state index is 13.4. The fraction of sp³-hybridized carbons (Fsp3) is 0.0357. The molecule has 1 aromatic heterocycles. The van der Waals surface area contributed by atoms with Crippen LogP contribution in [0.4, 0.5) is 10.1 Å². The van der Waals surface area contributed by atoms with Crippen molar-refractivity contribution in [2.45, 2.75) is 6.61 Å². The smallest absolute Gasteiger partial charge is 0.312 e. The van der Waals surface area contributed by atoms with Gasteiger partial charge >= 0.3 is 5.69 Å². The van der Waals surface area contributed by atoms with E-state index in [0.717, 1.165) is 4.68 Å². The number of nitrogens with zero attached hydrogens (tertiary/aromatic N) is 4. The summed E-state index contributed by atoms with van der Waals surface area (Å²) >= 11 is 3.30. The number of fused-ring (bicyclic) bond motifs is 1. The molecule has 0 unspecified atom stereocenters. The molecule has 5 aromatic rings. The van der Waals surface area contributed by atoms with E-state index in [0.29, 0.717) is 32.3 Å². The first-order valence-electron chi connectivity index (χ1n) is 11.4. The molecule has 0 aliphatic rings. The minimum Gasteiger partial charge on any atom is -0.481 e. The van der Waals surface area contributed by atoms with Crippen LogP contribution < -0.4 is 10.3 Å². The number of rotatable bonds is 7. The summed E-state index contributed by atoms with van der Waals surface area (Å²) in [5.74, 6) is -0.141. The SMILES string of the molecule is O=c1c2ccccc2nc(-c2ccccc2)n1N=Cc1cc(Br)cc([N+](=O)[O-])c1OCc1ccc(F)cc1. The minimum absolute atomic E-state index is 0.0453. The molecule has 0 aliphatic heterocycles. The number of hydrogen-bond acceptors (Lipinski definition) is 6. The predicted octanol–water partition coefficient (Wildman–Crippen LogP) is 6.33. The third-order valence-electron chi connectivity index (χ3n) is 5.65. The molecule has 4 aromatic carbocycles. The van der Waals surface area contributed by atoms with Crippen molar-refractivity contribution in [3.05, 3.63) is 133 Å². The highest BCUT2D eigenvalue weighted by Crippen LogP contribution is 2.34. The Morgan fingerprint density at radius 3 is 2.47 bits per heavy atom. The van der Waals surface area contributed by atoms with E-state index in [9.17, 15) is 19.3 Å². The Kier molecular flexibility index (Phi) is 7.05. The molecule has 0 spiro atoms. The van der Waals surface area contributed by atoms with E-state index in [1.54, 1.807) is 30.3 Å². The van der Waals surface area contributed by atoms with Gasteiger partial charge in [-0.1, -0.05) is 70.5 Å². The molecule has 0 N–H and O–H groups in total. The first-order valence-corrected chi connectivity index (χ1v) is 12.2. The summed E-state index contributed by atoms with van der Waals surface area (Å²) in [6.45, 7) is -0.0453. The van der Waals surface area contributed by atoms with Crippen molar-refractivity contribution in [2.75, 3.05) is 0 Å². The van der Waals surface area contributed by atoms with Gasteiger partial charge in [0.05, 0.1) is 22.0 Å². The Labute approximate surface area is 223 Å². The van der Waals surface area contributed by atoms with Gasteiger partial charge in [-0.15, -0.1) is 0 Å². The monoisotopic (exact) mass is 572 g/mol. The Morgan fingerprint density at radius 2 is 1.74 bits per heavy atom. The lowest BCUT2D eigenvalue weighted by Gasteiger charge is -2.12. The number of halogens is 2. The molecule has 8 nitrogen and oxygen atoms in total. The van der Waals surface area contributed by atoms with Crippen molar-refractivity contribution in [1.82, 2.24) is 9.66 Å². The van der Waals surface area contributed by atoms with Crippen molar-refractivity contribution in [1.29, 1.82) is 0 Å². The highest BCUT2D eigenvalue weighted by Gasteiger charge is 2.21. The van der Waals surface area contributed by atoms with Crippen LogP contribution in [0.1, 0.15) is 11.1 Å². The average molecular weight is 573 g/mol. The van der Waals surface area contributed by atoms with Gasteiger partial charge in [0.15, 0.2) is 5.82 Å². The Morgan fingerprint density at radius 1 is 1.03 bits per heavy atom. The van der Waals surface area contributed by atoms with E-state index in [4.69, 9.17) is 4.74 Å². The van der Waals surface area contributed by atoms with E-state index < -0.39 is 16.3 Å². The molecule has 0 atom stereocenters. The molecular weight excluding hydrogens is 555 g/mol. The fourth-order valence-corrected chi connectivity index (χ4v) is 4.31. The maximum absolute atomic E-state index is 13.4. The topological polar surface area (TPSA) is 99.6 Å². The molecule has 0 saturated heterocycles. The van der Waals surface area contributed by atoms with Crippen molar-refractivity contribution in [2.24, 2.45) is 5.10 Å². The lowest BCUT2D eigenvalue weighted by molar-refractivity contribution is -0.386. The summed E-state index contributed by atoms with van der Waals surface area (Å²) in [5.41, 5.74) is 1.36. The molecule has 188 valence electrons. The molecule has 10 heteroatoms. The first kappa shape index (κ1) is 25.0. The summed E-state index contributed by atoms with van der Waals surface area (Å²) in [4.78, 5) is 29.4. The quantitative estimate of drug-likeness (QED) is 0.129. The second-order valence-corrected chi connectivity index (χ2v) is 9.11. The lowest BCUT2D eigenvalue weighted by Crippen LogP contribution is -2.20. The number of nitro benzene ring substituents is 1. The van der Waals surface area contributed by atoms with E-state index in [-0.39, 0.29) is 23.6 Å². The Bertz CT molecular complexity index is 1740. The van der Waals surface area contributed by atoms with Gasteiger partial charge in [-0.2, -0.15) is 9.78 Å². The summed E-state index contributed by atoms with van der Waals surface area (Å²) in [6.07, 6.45) is 1.32. The van der Waals surface area contributed by atoms with Gasteiger partial charge in [-0.25, -0.2) is 9.37 Å². The first-order chi connectivity index (χ1) is 18.4. The van der Waals surface area contributed by atoms with Crippen molar-refractivity contribution in [3.63, 3.8) is 0 Å². The highest BCUT2D eigenvalue weighted by atomic mass is 79.9. The summed E-state index contributed by atoms with van der Waals surface area (Å²) in [7, 11) is 0. The van der Waals surface area contributed by atoms with Crippen LogP contribution in [0.3, 0.4) is 0 Å². The fourth-order valence-electron chi connectivity index (χ4n) is 3.85. The summed E-state index contributed by atoms with van der Waals surface area (Å²) < 4.78 is 20.7. The number of para-hydroxylation sites is 1. The zero-order chi connectivity index (χ0) is 26.6. The van der Waals surface area contributed by atoms with Crippen molar-refractivity contribution in [3.8, 4) is 17.1 Å². The van der Waals surface area contributed by atoms with Crippen molar-refractivity contribution < 1.29 is 14.1 Å². The van der Waals surface area contributed by atoms with Gasteiger partial charge < -0.3 is 4.74 Å². The standard InChI is InChI=1S/C28H18BrFN4O4/c29-21-14-20(26(25(15-21)34(36)37)38-17-18-10-12-22(30)13-11-18)16-31-33-27(19-6-2-1-3-7-19)32-24-9-5-4-8-23(24)28(33)35/h1-16H,17H2. The lowest BCUT2D eigenvalue weighted by atomic mass is 10.1. The number of benzene rings is 4. The largest absolute Gasteiger partial charge is 0.481 e. The number of hydrogen-bond donors (Lipinski definition) is 0. The predicted molar refractivity (Wildman–Crippen MR) is 146 cm³/mol. The molecule has 0 saturated carbocycles. The molecular formula is C28H18BrFN4O4. The second-order valence-electron chi connectivity index (χ2n) is 8.20. The van der Waals surface area contributed by atoms with Crippen LogP contribution in [-0.4, -0.2) is 20.8 Å². The number of ether oxygens (including phenoxy) is 1. The van der Waals surface area contributed by atoms with Crippen LogP contribution in [0.15, 0.2) is 105 Å². The molecule has 0 bridgehead atoms. The average Bonchev–Trinajstić information content (AvgIpc) is 2.93. The molecule has 0 fully saturated rings. The normalized spacial score (nSPS) is 11.2. The Balaban J connectivity index is 1.63. The van der Waals surface area contributed by atoms with Gasteiger partial charge in [0.25, 0.3) is 5.56 Å². The minimum atomic E-state index is -0.568. The van der Waals surface area contributed by atoms with Crippen LogP contribution in [0, 0.1) is 15.9 Å². The van der Waals surface area contributed by atoms with Crippen LogP contribution >= 0.6 is 15.9 Å². The van der Waals surface area contributed by atoms with Crippen LogP contribution in [0.5, 0.6) is 5.75 Å². The molecule has 0 radical (unpaired) electrons. The van der Waals surface area contributed by atoms with Gasteiger partial charge in [0.1, 0.15) is 12.4 Å². The molecule has 5 rings (SSSR count). The van der Waals surface area contributed by atoms with Gasteiger partial charge in [0, 0.05) is 21.7 Å². The molecule has 38 heavy (non-hydrogen) atoms. The van der Waals surface area contributed by atoms with Crippen molar-refractivity contribution >= 4 is 38.7 Å². The molecule has 0 amide bonds. The number of aromatic nitrogens is 2. The summed E-state index contributed by atoms with van der Waals surface area (Å²) in [5, 5.41) is 16.6. The maximum Gasteiger partial charge on any atom is 0.312 e. The Hall–Kier alpha value is -4.70. The third kappa shape index (κ3) is 5.21. The van der Waals surface area contributed by atoms with E-state index in [1.807, 2.05) is 30.3 Å². The van der Waals surface area contributed by atoms with Crippen LogP contribution in [0.2, 0.25) is 0 Å². The zero-order valence-corrected chi connectivity index (χ0v) is 21.2. The van der Waals surface area contributed by atoms with E-state index in [2.05, 4.69) is 26.0 Å². The number of nitro groups is 1. The van der Waals surface area contributed by atoms with Gasteiger partial charge in [-0.3, -0.25) is 14.9 Å². The molecule has 1 heterocycles. The van der Waals surface area contributed by atoms with E-state index >= 15 is 0 Å². The van der Waals surface area contributed by atoms with E-state index in [1.165, 1.54) is 36.5 Å². The summed E-state index contributed by atoms with van der Waals surface area (Å²) in [6, 6.07) is 24.6. The van der Waals surface area contributed by atoms with Gasteiger partial charge in [-0.05, 0) is 35.9 Å². The third-order valence-corrected chi connectivity index (χ3v) is 6.11. The van der Waals surface area contributed by atoms with Crippen LogP contribution in [0.25, 0.3) is 22.3 Å². The zero-order valence-electron chi connectivity index (χ0n) is 19.6.